The van der Waals surface area contributed by atoms with Gasteiger partial charge in [-0.1, -0.05) is 0 Å². The maximum absolute atomic E-state index is 10.2. The van der Waals surface area contributed by atoms with E-state index >= 15 is 0 Å². The van der Waals surface area contributed by atoms with Crippen molar-refractivity contribution in [1.82, 2.24) is 4.98 Å². The van der Waals surface area contributed by atoms with Crippen molar-refractivity contribution < 1.29 is 9.90 Å². The topological polar surface area (TPSA) is 100 Å². The van der Waals surface area contributed by atoms with Crippen LogP contribution in [0.5, 0.6) is 0 Å². The van der Waals surface area contributed by atoms with Gasteiger partial charge in [0.25, 0.3) is 0 Å². The number of thiazole rings is 1. The zero-order valence-corrected chi connectivity index (χ0v) is 6.89. The molecule has 0 aliphatic carbocycles. The Labute approximate surface area is 72.4 Å². The number of aliphatic carboxylic acids is 1. The molecule has 6 heteroatoms. The van der Waals surface area contributed by atoms with Crippen LogP contribution in [0.15, 0.2) is 5.38 Å². The van der Waals surface area contributed by atoms with Crippen molar-refractivity contribution in [3.05, 3.63) is 16.1 Å². The molecule has 0 atom stereocenters. The number of nitrogen functional groups attached to an aromatic ring is 1. The van der Waals surface area contributed by atoms with Crippen molar-refractivity contribution in [2.75, 3.05) is 0 Å². The van der Waals surface area contributed by atoms with E-state index in [9.17, 15) is 4.79 Å². The van der Waals surface area contributed by atoms with Crippen LogP contribution < -0.4 is 5.73 Å². The number of nitrogens with one attached hydrogen (secondary N) is 1. The first-order valence-corrected chi connectivity index (χ1v) is 3.98. The maximum Gasteiger partial charge on any atom is 0.309 e. The largest absolute Gasteiger partial charge is 0.481 e. The van der Waals surface area contributed by atoms with Crippen LogP contribution in [-0.2, 0) is 11.2 Å². The fourth-order valence-corrected chi connectivity index (χ4v) is 1.35. The highest BCUT2D eigenvalue weighted by Crippen LogP contribution is 2.08. The van der Waals surface area contributed by atoms with Crippen molar-refractivity contribution in [1.29, 1.82) is 5.41 Å². The number of nitrogens with zero attached hydrogens (tertiary/aromatic N) is 1. The molecule has 0 saturated heterocycles. The van der Waals surface area contributed by atoms with Gasteiger partial charge in [0, 0.05) is 5.38 Å². The molecule has 12 heavy (non-hydrogen) atoms. The molecule has 0 amide bonds. The van der Waals surface area contributed by atoms with E-state index in [1.54, 1.807) is 5.38 Å². The standard InChI is InChI=1S/C6H7N3O2S/c7-5(8)6-9-3(2-12-6)1-4(10)11/h2H,1H2,(H3,7,8)(H,10,11). The number of rotatable bonds is 3. The van der Waals surface area contributed by atoms with Gasteiger partial charge < -0.3 is 10.8 Å². The van der Waals surface area contributed by atoms with Crippen LogP contribution in [0.25, 0.3) is 0 Å². The van der Waals surface area contributed by atoms with Gasteiger partial charge in [0.15, 0.2) is 10.8 Å². The Balaban J connectivity index is 2.77. The number of amidine groups is 1. The van der Waals surface area contributed by atoms with Gasteiger partial charge in [0.2, 0.25) is 0 Å². The first-order valence-electron chi connectivity index (χ1n) is 3.10. The van der Waals surface area contributed by atoms with Crippen molar-refractivity contribution in [3.8, 4) is 0 Å². The second-order valence-corrected chi connectivity index (χ2v) is 2.99. The summed E-state index contributed by atoms with van der Waals surface area (Å²) in [5.41, 5.74) is 5.58. The van der Waals surface area contributed by atoms with Gasteiger partial charge >= 0.3 is 5.97 Å². The first-order chi connectivity index (χ1) is 5.59. The van der Waals surface area contributed by atoms with E-state index in [4.69, 9.17) is 16.2 Å². The van der Waals surface area contributed by atoms with Crippen LogP contribution in [0.2, 0.25) is 0 Å². The monoisotopic (exact) mass is 185 g/mol. The third-order valence-electron chi connectivity index (χ3n) is 1.11. The molecule has 0 fully saturated rings. The van der Waals surface area contributed by atoms with Gasteiger partial charge in [0.05, 0.1) is 12.1 Å². The average molecular weight is 185 g/mol. The summed E-state index contributed by atoms with van der Waals surface area (Å²) in [6.07, 6.45) is -0.121. The third-order valence-corrected chi connectivity index (χ3v) is 2.04. The van der Waals surface area contributed by atoms with Crippen LogP contribution in [0.1, 0.15) is 10.7 Å². The molecule has 1 heterocycles. The summed E-state index contributed by atoms with van der Waals surface area (Å²) in [6, 6.07) is 0. The molecule has 64 valence electrons. The quantitative estimate of drug-likeness (QED) is 0.457. The lowest BCUT2D eigenvalue weighted by Crippen LogP contribution is -2.11. The molecule has 4 N–H and O–H groups in total. The van der Waals surface area contributed by atoms with E-state index < -0.39 is 5.97 Å². The molecule has 0 spiro atoms. The van der Waals surface area contributed by atoms with Gasteiger partial charge in [-0.25, -0.2) is 4.98 Å². The van der Waals surface area contributed by atoms with E-state index in [1.165, 1.54) is 11.3 Å². The highest BCUT2D eigenvalue weighted by molar-refractivity contribution is 7.11. The zero-order valence-electron chi connectivity index (χ0n) is 6.07. The van der Waals surface area contributed by atoms with E-state index in [0.29, 0.717) is 10.7 Å². The number of hydrogen-bond acceptors (Lipinski definition) is 4. The van der Waals surface area contributed by atoms with Crippen LogP contribution in [0.3, 0.4) is 0 Å². The molecule has 1 rings (SSSR count). The number of aromatic nitrogens is 1. The summed E-state index contributed by atoms with van der Waals surface area (Å²) in [4.78, 5) is 14.1. The van der Waals surface area contributed by atoms with Crippen molar-refractivity contribution in [3.63, 3.8) is 0 Å². The minimum atomic E-state index is -0.935. The average Bonchev–Trinajstić information content (AvgIpc) is 2.34. The first kappa shape index (κ1) is 8.66. The fourth-order valence-electron chi connectivity index (χ4n) is 0.667. The Hall–Kier alpha value is -1.43. The Morgan fingerprint density at radius 2 is 2.50 bits per heavy atom. The smallest absolute Gasteiger partial charge is 0.309 e. The third kappa shape index (κ3) is 2.03. The number of hydrogen-bond donors (Lipinski definition) is 3. The lowest BCUT2D eigenvalue weighted by atomic mass is 10.3. The minimum Gasteiger partial charge on any atom is -0.481 e. The Bertz CT molecular complexity index is 320. The van der Waals surface area contributed by atoms with E-state index in [0.717, 1.165) is 0 Å². The van der Waals surface area contributed by atoms with Gasteiger partial charge in [0.1, 0.15) is 0 Å². The molecule has 0 aliphatic rings. The molecular weight excluding hydrogens is 178 g/mol. The second kappa shape index (κ2) is 3.31. The molecule has 0 unspecified atom stereocenters. The summed E-state index contributed by atoms with van der Waals surface area (Å²) in [6.45, 7) is 0. The van der Waals surface area contributed by atoms with E-state index in [1.807, 2.05) is 0 Å². The minimum absolute atomic E-state index is 0.121. The molecule has 1 aromatic heterocycles. The number of carbonyl (C=O) groups is 1. The Kier molecular flexibility index (Phi) is 2.39. The van der Waals surface area contributed by atoms with E-state index in [-0.39, 0.29) is 12.3 Å². The lowest BCUT2D eigenvalue weighted by Gasteiger charge is -1.88. The van der Waals surface area contributed by atoms with Crippen molar-refractivity contribution in [2.45, 2.75) is 6.42 Å². The maximum atomic E-state index is 10.2. The highest BCUT2D eigenvalue weighted by Gasteiger charge is 2.06. The molecule has 0 aromatic carbocycles. The van der Waals surface area contributed by atoms with Gasteiger partial charge in [-0.15, -0.1) is 11.3 Å². The molecule has 5 nitrogen and oxygen atoms in total. The van der Waals surface area contributed by atoms with Crippen LogP contribution in [-0.4, -0.2) is 21.9 Å². The number of carboxylic acid groups (broad SMARTS) is 1. The molecular formula is C6H7N3O2S. The molecule has 0 aliphatic heterocycles. The summed E-state index contributed by atoms with van der Waals surface area (Å²) in [5, 5.41) is 17.4. The summed E-state index contributed by atoms with van der Waals surface area (Å²) in [7, 11) is 0. The summed E-state index contributed by atoms with van der Waals surface area (Å²) >= 11 is 1.18. The second-order valence-electron chi connectivity index (χ2n) is 2.13. The van der Waals surface area contributed by atoms with Crippen LogP contribution in [0, 0.1) is 5.41 Å². The number of nitrogens with two attached hydrogens (primary N) is 1. The van der Waals surface area contributed by atoms with Crippen LogP contribution >= 0.6 is 11.3 Å². The highest BCUT2D eigenvalue weighted by atomic mass is 32.1. The molecule has 0 saturated carbocycles. The van der Waals surface area contributed by atoms with Gasteiger partial charge in [-0.2, -0.15) is 0 Å². The predicted octanol–water partition coefficient (Wildman–Crippen LogP) is 0.0543. The summed E-state index contributed by atoms with van der Waals surface area (Å²) < 4.78 is 0. The van der Waals surface area contributed by atoms with Crippen molar-refractivity contribution in [2.24, 2.45) is 5.73 Å². The molecule has 0 radical (unpaired) electrons. The van der Waals surface area contributed by atoms with Crippen LogP contribution in [0.4, 0.5) is 0 Å². The SMILES string of the molecule is N=C(N)c1nc(CC(=O)O)cs1. The van der Waals surface area contributed by atoms with Crippen molar-refractivity contribution >= 4 is 23.1 Å². The summed E-state index contributed by atoms with van der Waals surface area (Å²) in [5.74, 6) is -1.06. The molecule has 0 bridgehead atoms. The Morgan fingerprint density at radius 1 is 1.83 bits per heavy atom. The van der Waals surface area contributed by atoms with E-state index in [2.05, 4.69) is 4.98 Å². The molecule has 1 aromatic rings. The Morgan fingerprint density at radius 3 is 2.92 bits per heavy atom. The predicted molar refractivity (Wildman–Crippen MR) is 44.5 cm³/mol. The fraction of sp³-hybridized carbons (Fsp3) is 0.167. The lowest BCUT2D eigenvalue weighted by molar-refractivity contribution is -0.136. The zero-order chi connectivity index (χ0) is 9.14. The van der Waals surface area contributed by atoms with Gasteiger partial charge in [-0.3, -0.25) is 10.2 Å². The normalized spacial score (nSPS) is 9.67. The van der Waals surface area contributed by atoms with Gasteiger partial charge in [-0.05, 0) is 0 Å². The number of carboxylic acids is 1.